The summed E-state index contributed by atoms with van der Waals surface area (Å²) in [5.41, 5.74) is 1.13. The molecule has 0 aliphatic carbocycles. The van der Waals surface area contributed by atoms with Gasteiger partial charge in [-0.3, -0.25) is 9.48 Å². The monoisotopic (exact) mass is 350 g/mol. The fourth-order valence-corrected chi connectivity index (χ4v) is 3.05. The van der Waals surface area contributed by atoms with E-state index in [1.807, 2.05) is 24.0 Å². The summed E-state index contributed by atoms with van der Waals surface area (Å²) in [7, 11) is 0. The number of nitrogens with zero attached hydrogens (tertiary/aromatic N) is 3. The molecule has 1 heterocycles. The Hall–Kier alpha value is -1.36. The minimum absolute atomic E-state index is 0.114. The quantitative estimate of drug-likeness (QED) is 0.520. The van der Waals surface area contributed by atoms with Crippen LogP contribution >= 0.6 is 0 Å². The molecule has 0 spiro atoms. The first-order valence-corrected chi connectivity index (χ1v) is 10.1. The van der Waals surface area contributed by atoms with Crippen molar-refractivity contribution in [3.8, 4) is 0 Å². The number of carbonyl (C=O) groups excluding carboxylic acids is 1. The van der Waals surface area contributed by atoms with Crippen LogP contribution in [0.3, 0.4) is 0 Å². The second-order valence-electron chi connectivity index (χ2n) is 7.21. The topological polar surface area (TPSA) is 50.2 Å². The highest BCUT2D eigenvalue weighted by atomic mass is 16.1. The molecule has 0 saturated heterocycles. The van der Waals surface area contributed by atoms with Crippen LogP contribution in [0, 0.1) is 6.92 Å². The van der Waals surface area contributed by atoms with E-state index in [1.54, 1.807) is 0 Å². The van der Waals surface area contributed by atoms with Gasteiger partial charge in [0.25, 0.3) is 0 Å². The Morgan fingerprint density at radius 2 is 1.84 bits per heavy atom. The third kappa shape index (κ3) is 10.3. The number of unbranched alkanes of at least 4 members (excludes halogenated alkanes) is 4. The molecule has 144 valence electrons. The maximum Gasteiger partial charge on any atom is 0.222 e. The number of hydrogen-bond donors (Lipinski definition) is 1. The van der Waals surface area contributed by atoms with Gasteiger partial charge in [-0.1, -0.05) is 39.5 Å². The molecule has 5 nitrogen and oxygen atoms in total. The standard InChI is InChI=1S/C20H38N4O/c1-5-7-9-12-23(13-10-8-6-2)17-19(4)22-20(25)11-14-24-16-18(3)15-21-24/h15-16,19H,5-14,17H2,1-4H3,(H,22,25). The van der Waals surface area contributed by atoms with Gasteiger partial charge in [0.2, 0.25) is 5.91 Å². The molecular formula is C20H38N4O. The van der Waals surface area contributed by atoms with E-state index < -0.39 is 0 Å². The number of amides is 1. The summed E-state index contributed by atoms with van der Waals surface area (Å²) < 4.78 is 1.83. The summed E-state index contributed by atoms with van der Waals surface area (Å²) >= 11 is 0. The number of aryl methyl sites for hydroxylation is 2. The zero-order valence-electron chi connectivity index (χ0n) is 16.8. The van der Waals surface area contributed by atoms with Crippen molar-refractivity contribution in [2.45, 2.75) is 85.2 Å². The van der Waals surface area contributed by atoms with Gasteiger partial charge in [-0.25, -0.2) is 0 Å². The molecule has 0 aliphatic heterocycles. The molecule has 5 heteroatoms. The molecule has 1 aromatic rings. The predicted molar refractivity (Wildman–Crippen MR) is 105 cm³/mol. The second-order valence-corrected chi connectivity index (χ2v) is 7.21. The third-order valence-corrected chi connectivity index (χ3v) is 4.43. The molecule has 0 saturated carbocycles. The van der Waals surface area contributed by atoms with Gasteiger partial charge in [-0.2, -0.15) is 5.10 Å². The first-order chi connectivity index (χ1) is 12.0. The largest absolute Gasteiger partial charge is 0.352 e. The van der Waals surface area contributed by atoms with Crippen molar-refractivity contribution in [1.29, 1.82) is 0 Å². The summed E-state index contributed by atoms with van der Waals surface area (Å²) in [6.07, 6.45) is 11.9. The Kier molecular flexibility index (Phi) is 11.2. The Balaban J connectivity index is 2.32. The van der Waals surface area contributed by atoms with E-state index in [1.165, 1.54) is 38.5 Å². The number of hydrogen-bond acceptors (Lipinski definition) is 3. The lowest BCUT2D eigenvalue weighted by atomic mass is 10.2. The van der Waals surface area contributed by atoms with Crippen molar-refractivity contribution < 1.29 is 4.79 Å². The highest BCUT2D eigenvalue weighted by Gasteiger charge is 2.12. The van der Waals surface area contributed by atoms with Gasteiger partial charge < -0.3 is 10.2 Å². The van der Waals surface area contributed by atoms with Gasteiger partial charge in [0, 0.05) is 31.7 Å². The molecule has 1 aromatic heterocycles. The number of nitrogens with one attached hydrogen (secondary N) is 1. The molecular weight excluding hydrogens is 312 g/mol. The first kappa shape index (κ1) is 21.7. The lowest BCUT2D eigenvalue weighted by molar-refractivity contribution is -0.122. The van der Waals surface area contributed by atoms with Crippen LogP contribution in [0.2, 0.25) is 0 Å². The Morgan fingerprint density at radius 1 is 1.20 bits per heavy atom. The van der Waals surface area contributed by atoms with E-state index in [2.05, 4.69) is 36.1 Å². The molecule has 1 rings (SSSR count). The lowest BCUT2D eigenvalue weighted by Gasteiger charge is -2.26. The molecule has 0 radical (unpaired) electrons. The van der Waals surface area contributed by atoms with Crippen LogP contribution in [0.25, 0.3) is 0 Å². The van der Waals surface area contributed by atoms with Gasteiger partial charge in [-0.15, -0.1) is 0 Å². The maximum atomic E-state index is 12.2. The van der Waals surface area contributed by atoms with Gasteiger partial charge in [-0.05, 0) is 45.3 Å². The zero-order valence-corrected chi connectivity index (χ0v) is 16.8. The van der Waals surface area contributed by atoms with Crippen molar-refractivity contribution in [1.82, 2.24) is 20.0 Å². The van der Waals surface area contributed by atoms with E-state index >= 15 is 0 Å². The van der Waals surface area contributed by atoms with Gasteiger partial charge in [0.15, 0.2) is 0 Å². The van der Waals surface area contributed by atoms with Crippen LogP contribution in [0.1, 0.15) is 71.3 Å². The number of aromatic nitrogens is 2. The van der Waals surface area contributed by atoms with Gasteiger partial charge in [0.05, 0.1) is 6.20 Å². The normalized spacial score (nSPS) is 12.5. The summed E-state index contributed by atoms with van der Waals surface area (Å²) in [4.78, 5) is 14.7. The summed E-state index contributed by atoms with van der Waals surface area (Å²) in [5.74, 6) is 0.114. The SMILES string of the molecule is CCCCCN(CCCCC)CC(C)NC(=O)CCn1cc(C)cn1. The molecule has 0 aromatic carbocycles. The smallest absolute Gasteiger partial charge is 0.222 e. The van der Waals surface area contributed by atoms with Crippen LogP contribution in [0.5, 0.6) is 0 Å². The fourth-order valence-electron chi connectivity index (χ4n) is 3.05. The summed E-state index contributed by atoms with van der Waals surface area (Å²) in [5, 5.41) is 7.37. The van der Waals surface area contributed by atoms with E-state index in [9.17, 15) is 4.79 Å². The van der Waals surface area contributed by atoms with E-state index in [0.717, 1.165) is 25.2 Å². The highest BCUT2D eigenvalue weighted by Crippen LogP contribution is 2.04. The third-order valence-electron chi connectivity index (χ3n) is 4.43. The molecule has 1 N–H and O–H groups in total. The van der Waals surface area contributed by atoms with Crippen LogP contribution in [0.4, 0.5) is 0 Å². The molecule has 0 aliphatic rings. The summed E-state index contributed by atoms with van der Waals surface area (Å²) in [6, 6.07) is 0.190. The van der Waals surface area contributed by atoms with Crippen molar-refractivity contribution >= 4 is 5.91 Å². The van der Waals surface area contributed by atoms with Crippen LogP contribution in [-0.2, 0) is 11.3 Å². The van der Waals surface area contributed by atoms with Crippen LogP contribution in [-0.4, -0.2) is 46.3 Å². The Bertz CT molecular complexity index is 462. The van der Waals surface area contributed by atoms with Crippen molar-refractivity contribution in [2.75, 3.05) is 19.6 Å². The molecule has 0 fully saturated rings. The van der Waals surface area contributed by atoms with Crippen LogP contribution in [0.15, 0.2) is 12.4 Å². The van der Waals surface area contributed by atoms with Crippen molar-refractivity contribution in [3.05, 3.63) is 18.0 Å². The van der Waals surface area contributed by atoms with E-state index in [0.29, 0.717) is 13.0 Å². The van der Waals surface area contributed by atoms with Gasteiger partial charge >= 0.3 is 0 Å². The summed E-state index contributed by atoms with van der Waals surface area (Å²) in [6.45, 7) is 12.5. The number of rotatable bonds is 14. The zero-order chi connectivity index (χ0) is 18.5. The Labute approximate surface area is 154 Å². The lowest BCUT2D eigenvalue weighted by Crippen LogP contribution is -2.42. The van der Waals surface area contributed by atoms with E-state index in [-0.39, 0.29) is 11.9 Å². The average Bonchev–Trinajstić information content (AvgIpc) is 2.98. The predicted octanol–water partition coefficient (Wildman–Crippen LogP) is 3.77. The molecule has 0 bridgehead atoms. The molecule has 1 atom stereocenters. The Morgan fingerprint density at radius 3 is 2.36 bits per heavy atom. The van der Waals surface area contributed by atoms with Crippen molar-refractivity contribution in [2.24, 2.45) is 0 Å². The van der Waals surface area contributed by atoms with E-state index in [4.69, 9.17) is 0 Å². The maximum absolute atomic E-state index is 12.2. The molecule has 25 heavy (non-hydrogen) atoms. The first-order valence-electron chi connectivity index (χ1n) is 10.1. The minimum Gasteiger partial charge on any atom is -0.352 e. The highest BCUT2D eigenvalue weighted by molar-refractivity contribution is 5.76. The van der Waals surface area contributed by atoms with Gasteiger partial charge in [0.1, 0.15) is 0 Å². The number of carbonyl (C=O) groups is 1. The fraction of sp³-hybridized carbons (Fsp3) is 0.800. The average molecular weight is 351 g/mol. The van der Waals surface area contributed by atoms with Crippen LogP contribution < -0.4 is 5.32 Å². The van der Waals surface area contributed by atoms with Crippen molar-refractivity contribution in [3.63, 3.8) is 0 Å². The molecule has 1 amide bonds. The second kappa shape index (κ2) is 12.9. The minimum atomic E-state index is 0.114. The molecule has 1 unspecified atom stereocenters.